The molecule has 0 aromatic carbocycles. The summed E-state index contributed by atoms with van der Waals surface area (Å²) in [5, 5.41) is 6.03. The number of nitrogens with zero attached hydrogens (tertiary/aromatic N) is 3. The van der Waals surface area contributed by atoms with Gasteiger partial charge in [-0.3, -0.25) is 0 Å². The van der Waals surface area contributed by atoms with Crippen LogP contribution in [0, 0.1) is 0 Å². The molecule has 1 aromatic rings. The molecule has 2 fully saturated rings. The molecule has 3 heterocycles. The van der Waals surface area contributed by atoms with E-state index in [0.717, 1.165) is 25.2 Å². The van der Waals surface area contributed by atoms with Gasteiger partial charge in [0, 0.05) is 44.5 Å². The van der Waals surface area contributed by atoms with Crippen molar-refractivity contribution in [2.24, 2.45) is 0 Å². The zero-order valence-corrected chi connectivity index (χ0v) is 14.3. The normalized spacial score (nSPS) is 20.0. The summed E-state index contributed by atoms with van der Waals surface area (Å²) in [4.78, 5) is 21.1. The average molecular weight is 373 g/mol. The zero-order chi connectivity index (χ0) is 18.6. The molecule has 0 aliphatic carbocycles. The van der Waals surface area contributed by atoms with E-state index in [-0.39, 0.29) is 23.9 Å². The number of rotatable bonds is 3. The Balaban J connectivity index is 1.47. The molecule has 0 bridgehead atoms. The molecule has 2 N–H and O–H groups in total. The lowest BCUT2D eigenvalue weighted by Gasteiger charge is -2.34. The second-order valence-electron chi connectivity index (χ2n) is 6.53. The van der Waals surface area contributed by atoms with Gasteiger partial charge in [0.25, 0.3) is 0 Å². The number of halogens is 3. The fourth-order valence-corrected chi connectivity index (χ4v) is 3.14. The summed E-state index contributed by atoms with van der Waals surface area (Å²) in [6.45, 7) is 2.42. The lowest BCUT2D eigenvalue weighted by atomic mass is 10.1. The van der Waals surface area contributed by atoms with Gasteiger partial charge in [0.05, 0.1) is 0 Å². The summed E-state index contributed by atoms with van der Waals surface area (Å²) in [6.07, 6.45) is -0.663. The Labute approximate surface area is 149 Å². The van der Waals surface area contributed by atoms with Gasteiger partial charge in [-0.25, -0.2) is 14.8 Å². The van der Waals surface area contributed by atoms with Gasteiger partial charge in [-0.1, -0.05) is 0 Å². The summed E-state index contributed by atoms with van der Waals surface area (Å²) in [6, 6.07) is 0.938. The molecule has 0 atom stereocenters. The van der Waals surface area contributed by atoms with Crippen LogP contribution in [0.2, 0.25) is 0 Å². The molecule has 2 aliphatic rings. The minimum absolute atomic E-state index is 0.0295. The summed E-state index contributed by atoms with van der Waals surface area (Å²) >= 11 is 0. The molecule has 26 heavy (non-hydrogen) atoms. The van der Waals surface area contributed by atoms with Gasteiger partial charge in [0.1, 0.15) is 17.8 Å². The van der Waals surface area contributed by atoms with Gasteiger partial charge < -0.3 is 20.3 Å². The van der Waals surface area contributed by atoms with Crippen molar-refractivity contribution < 1.29 is 22.7 Å². The summed E-state index contributed by atoms with van der Waals surface area (Å²) in [7, 11) is 0. The number of carbonyl (C=O) groups is 1. The van der Waals surface area contributed by atoms with E-state index >= 15 is 0 Å². The summed E-state index contributed by atoms with van der Waals surface area (Å²) < 4.78 is 43.4. The van der Waals surface area contributed by atoms with Crippen LogP contribution in [-0.4, -0.2) is 59.3 Å². The molecule has 7 nitrogen and oxygen atoms in total. The Kier molecular flexibility index (Phi) is 5.80. The van der Waals surface area contributed by atoms with Crippen LogP contribution in [0.4, 0.5) is 23.8 Å². The number of ether oxygens (including phenoxy) is 1. The number of anilines is 1. The molecule has 0 saturated carbocycles. The highest BCUT2D eigenvalue weighted by Gasteiger charge is 2.33. The number of alkyl halides is 3. The third-order valence-corrected chi connectivity index (χ3v) is 4.64. The fourth-order valence-electron chi connectivity index (χ4n) is 3.14. The van der Waals surface area contributed by atoms with Gasteiger partial charge in [0.2, 0.25) is 0 Å². The van der Waals surface area contributed by atoms with Crippen molar-refractivity contribution in [2.45, 2.75) is 43.9 Å². The number of carbonyl (C=O) groups excluding carboxylic acids is 1. The lowest BCUT2D eigenvalue weighted by Crippen LogP contribution is -2.50. The van der Waals surface area contributed by atoms with Crippen LogP contribution in [0.5, 0.6) is 0 Å². The van der Waals surface area contributed by atoms with Gasteiger partial charge in [-0.2, -0.15) is 13.2 Å². The third kappa shape index (κ3) is 4.96. The largest absolute Gasteiger partial charge is 0.433 e. The van der Waals surface area contributed by atoms with Crippen molar-refractivity contribution in [3.05, 3.63) is 18.1 Å². The predicted molar refractivity (Wildman–Crippen MR) is 87.6 cm³/mol. The maximum absolute atomic E-state index is 12.7. The highest BCUT2D eigenvalue weighted by Crippen LogP contribution is 2.28. The Bertz CT molecular complexity index is 614. The molecule has 3 rings (SSSR count). The number of amides is 2. The Morgan fingerprint density at radius 2 is 1.81 bits per heavy atom. The van der Waals surface area contributed by atoms with Gasteiger partial charge in [-0.05, 0) is 25.7 Å². The average Bonchev–Trinajstić information content (AvgIpc) is 2.63. The van der Waals surface area contributed by atoms with E-state index in [4.69, 9.17) is 4.74 Å². The van der Waals surface area contributed by atoms with Crippen LogP contribution < -0.4 is 10.6 Å². The molecule has 144 valence electrons. The number of hydrogen-bond acceptors (Lipinski definition) is 5. The molecule has 0 radical (unpaired) electrons. The van der Waals surface area contributed by atoms with Crippen LogP contribution in [0.1, 0.15) is 31.4 Å². The molecule has 0 spiro atoms. The first kappa shape index (κ1) is 18.7. The van der Waals surface area contributed by atoms with Crippen LogP contribution in [0.15, 0.2) is 12.4 Å². The summed E-state index contributed by atoms with van der Waals surface area (Å²) in [5.74, 6) is 0.150. The second kappa shape index (κ2) is 8.07. The van der Waals surface area contributed by atoms with Gasteiger partial charge in [0.15, 0.2) is 0 Å². The Hall–Kier alpha value is -2.10. The molecule has 1 aromatic heterocycles. The van der Waals surface area contributed by atoms with Crippen molar-refractivity contribution in [1.29, 1.82) is 0 Å². The molecule has 2 aliphatic heterocycles. The first-order chi connectivity index (χ1) is 12.4. The Morgan fingerprint density at radius 3 is 2.46 bits per heavy atom. The van der Waals surface area contributed by atoms with E-state index in [1.165, 1.54) is 0 Å². The molecule has 2 amide bonds. The maximum atomic E-state index is 12.7. The van der Waals surface area contributed by atoms with Crippen molar-refractivity contribution in [1.82, 2.24) is 20.2 Å². The number of likely N-dealkylation sites (tertiary alicyclic amines) is 1. The van der Waals surface area contributed by atoms with Crippen molar-refractivity contribution in [3.8, 4) is 0 Å². The number of hydrogen-bond donors (Lipinski definition) is 2. The van der Waals surface area contributed by atoms with Crippen molar-refractivity contribution >= 4 is 11.8 Å². The van der Waals surface area contributed by atoms with E-state index in [9.17, 15) is 18.0 Å². The Morgan fingerprint density at radius 1 is 1.12 bits per heavy atom. The SMILES string of the molecule is O=C(NC1CCOCC1)N1CCC(Nc2cc(C(F)(F)F)ncn2)CC1. The van der Waals surface area contributed by atoms with Crippen LogP contribution >= 0.6 is 0 Å². The smallest absolute Gasteiger partial charge is 0.381 e. The quantitative estimate of drug-likeness (QED) is 0.850. The number of nitrogens with one attached hydrogen (secondary N) is 2. The molecule has 2 saturated heterocycles. The maximum Gasteiger partial charge on any atom is 0.433 e. The van der Waals surface area contributed by atoms with E-state index in [1.54, 1.807) is 4.90 Å². The first-order valence-corrected chi connectivity index (χ1v) is 8.71. The van der Waals surface area contributed by atoms with E-state index in [2.05, 4.69) is 20.6 Å². The third-order valence-electron chi connectivity index (χ3n) is 4.64. The summed E-state index contributed by atoms with van der Waals surface area (Å²) in [5.41, 5.74) is -0.969. The van der Waals surface area contributed by atoms with E-state index < -0.39 is 11.9 Å². The van der Waals surface area contributed by atoms with E-state index in [1.807, 2.05) is 0 Å². The van der Waals surface area contributed by atoms with Gasteiger partial charge in [-0.15, -0.1) is 0 Å². The molecule has 10 heteroatoms. The zero-order valence-electron chi connectivity index (χ0n) is 14.3. The standard InChI is InChI=1S/C16H22F3N5O2/c17-16(18,19)13-9-14(21-10-20-13)22-11-1-5-24(6-2-11)15(25)23-12-3-7-26-8-4-12/h9-12H,1-8H2,(H,23,25)(H,20,21,22). The lowest BCUT2D eigenvalue weighted by molar-refractivity contribution is -0.141. The second-order valence-corrected chi connectivity index (χ2v) is 6.53. The molecular formula is C16H22F3N5O2. The minimum atomic E-state index is -4.50. The fraction of sp³-hybridized carbons (Fsp3) is 0.688. The minimum Gasteiger partial charge on any atom is -0.381 e. The van der Waals surface area contributed by atoms with Crippen LogP contribution in [0.3, 0.4) is 0 Å². The number of aromatic nitrogens is 2. The predicted octanol–water partition coefficient (Wildman–Crippen LogP) is 2.26. The van der Waals surface area contributed by atoms with Crippen molar-refractivity contribution in [2.75, 3.05) is 31.6 Å². The first-order valence-electron chi connectivity index (χ1n) is 8.71. The van der Waals surface area contributed by atoms with Crippen LogP contribution in [0.25, 0.3) is 0 Å². The number of urea groups is 1. The van der Waals surface area contributed by atoms with Gasteiger partial charge >= 0.3 is 12.2 Å². The van der Waals surface area contributed by atoms with Crippen LogP contribution in [-0.2, 0) is 10.9 Å². The van der Waals surface area contributed by atoms with Crippen molar-refractivity contribution in [3.63, 3.8) is 0 Å². The highest BCUT2D eigenvalue weighted by atomic mass is 19.4. The topological polar surface area (TPSA) is 79.4 Å². The number of piperidine rings is 1. The highest BCUT2D eigenvalue weighted by molar-refractivity contribution is 5.74. The van der Waals surface area contributed by atoms with E-state index in [0.29, 0.717) is 39.1 Å². The molecular weight excluding hydrogens is 351 g/mol. The molecule has 0 unspecified atom stereocenters. The monoisotopic (exact) mass is 373 g/mol.